The minimum Gasteiger partial charge on any atom is -0.497 e. The van der Waals surface area contributed by atoms with Crippen molar-refractivity contribution in [2.24, 2.45) is 13.0 Å². The predicted octanol–water partition coefficient (Wildman–Crippen LogP) is 2.59. The first-order valence-corrected chi connectivity index (χ1v) is 9.21. The summed E-state index contributed by atoms with van der Waals surface area (Å²) in [5, 5.41) is 4.32. The lowest BCUT2D eigenvalue weighted by Gasteiger charge is -2.31. The van der Waals surface area contributed by atoms with E-state index in [0.717, 1.165) is 56.0 Å². The highest BCUT2D eigenvalue weighted by molar-refractivity contribution is 5.98. The average molecular weight is 355 g/mol. The summed E-state index contributed by atoms with van der Waals surface area (Å²) in [6, 6.07) is 8.12. The summed E-state index contributed by atoms with van der Waals surface area (Å²) in [4.78, 5) is 15.1. The fourth-order valence-corrected chi connectivity index (χ4v) is 4.06. The van der Waals surface area contributed by atoms with E-state index in [2.05, 4.69) is 17.2 Å². The predicted molar refractivity (Wildman–Crippen MR) is 97.2 cm³/mol. The zero-order valence-electron chi connectivity index (χ0n) is 15.4. The number of benzene rings is 1. The summed E-state index contributed by atoms with van der Waals surface area (Å²) in [7, 11) is 3.59. The second kappa shape index (κ2) is 7.11. The first-order valence-electron chi connectivity index (χ1n) is 9.21. The fraction of sp³-hybridized carbons (Fsp3) is 0.500. The van der Waals surface area contributed by atoms with Crippen LogP contribution in [0.4, 0.5) is 0 Å². The Bertz CT molecular complexity index is 778. The lowest BCUT2D eigenvalue weighted by Crippen LogP contribution is -2.36. The maximum Gasteiger partial charge on any atom is 0.258 e. The van der Waals surface area contributed by atoms with Crippen molar-refractivity contribution < 1.29 is 14.3 Å². The van der Waals surface area contributed by atoms with Crippen LogP contribution in [0.1, 0.15) is 40.5 Å². The van der Waals surface area contributed by atoms with Gasteiger partial charge >= 0.3 is 0 Å². The molecular formula is C20H25N3O3. The van der Waals surface area contributed by atoms with Crippen molar-refractivity contribution in [1.82, 2.24) is 14.7 Å². The molecular weight excluding hydrogens is 330 g/mol. The van der Waals surface area contributed by atoms with Crippen LogP contribution in [-0.2, 0) is 18.2 Å². The number of rotatable bonds is 5. The molecule has 1 saturated heterocycles. The Morgan fingerprint density at radius 3 is 2.65 bits per heavy atom. The van der Waals surface area contributed by atoms with Gasteiger partial charge in [0.2, 0.25) is 0 Å². The first kappa shape index (κ1) is 17.1. The van der Waals surface area contributed by atoms with Crippen LogP contribution in [0.2, 0.25) is 0 Å². The quantitative estimate of drug-likeness (QED) is 0.827. The second-order valence-corrected chi connectivity index (χ2v) is 7.15. The molecule has 4 rings (SSSR count). The van der Waals surface area contributed by atoms with Crippen LogP contribution < -0.4 is 4.74 Å². The maximum atomic E-state index is 13.0. The summed E-state index contributed by atoms with van der Waals surface area (Å²) in [6.07, 6.45) is 4.54. The van der Waals surface area contributed by atoms with E-state index in [4.69, 9.17) is 9.47 Å². The van der Waals surface area contributed by atoms with Gasteiger partial charge in [-0.1, -0.05) is 12.1 Å². The number of fused-ring (bicyclic) bond motifs is 1. The second-order valence-electron chi connectivity index (χ2n) is 7.15. The van der Waals surface area contributed by atoms with Gasteiger partial charge in [0.1, 0.15) is 5.75 Å². The molecule has 3 heterocycles. The van der Waals surface area contributed by atoms with E-state index in [1.54, 1.807) is 13.3 Å². The Labute approximate surface area is 153 Å². The van der Waals surface area contributed by atoms with E-state index in [-0.39, 0.29) is 11.9 Å². The number of hydrogen-bond donors (Lipinski definition) is 0. The average Bonchev–Trinajstić information content (AvgIpc) is 3.17. The lowest BCUT2D eigenvalue weighted by atomic mass is 9.97. The molecule has 1 unspecified atom stereocenters. The number of ether oxygens (including phenoxy) is 2. The monoisotopic (exact) mass is 355 g/mol. The van der Waals surface area contributed by atoms with Crippen LogP contribution in [0.5, 0.6) is 5.75 Å². The first-order chi connectivity index (χ1) is 12.7. The molecule has 1 aromatic heterocycles. The Balaban J connectivity index is 1.60. The van der Waals surface area contributed by atoms with Crippen LogP contribution in [0.15, 0.2) is 30.5 Å². The van der Waals surface area contributed by atoms with Crippen molar-refractivity contribution >= 4 is 5.91 Å². The van der Waals surface area contributed by atoms with Gasteiger partial charge in [-0.25, -0.2) is 0 Å². The number of nitrogens with zero attached hydrogens (tertiary/aromatic N) is 3. The van der Waals surface area contributed by atoms with Gasteiger partial charge in [-0.2, -0.15) is 5.10 Å². The van der Waals surface area contributed by atoms with Gasteiger partial charge in [-0.15, -0.1) is 0 Å². The van der Waals surface area contributed by atoms with Crippen molar-refractivity contribution in [2.45, 2.75) is 25.3 Å². The third-order valence-corrected chi connectivity index (χ3v) is 5.55. The summed E-state index contributed by atoms with van der Waals surface area (Å²) in [5.74, 6) is 1.46. The molecule has 0 spiro atoms. The molecule has 6 nitrogen and oxygen atoms in total. The number of carbonyl (C=O) groups excluding carboxylic acids is 1. The highest BCUT2D eigenvalue weighted by atomic mass is 16.5. The van der Waals surface area contributed by atoms with E-state index < -0.39 is 0 Å². The van der Waals surface area contributed by atoms with E-state index >= 15 is 0 Å². The van der Waals surface area contributed by atoms with Crippen molar-refractivity contribution in [3.63, 3.8) is 0 Å². The van der Waals surface area contributed by atoms with Crippen LogP contribution in [-0.4, -0.2) is 47.5 Å². The molecule has 2 aliphatic heterocycles. The van der Waals surface area contributed by atoms with Crippen molar-refractivity contribution in [3.05, 3.63) is 47.3 Å². The summed E-state index contributed by atoms with van der Waals surface area (Å²) in [6.45, 7) is 2.38. The maximum absolute atomic E-state index is 13.0. The highest BCUT2D eigenvalue weighted by Crippen LogP contribution is 2.37. The van der Waals surface area contributed by atoms with Gasteiger partial charge in [0.05, 0.1) is 30.6 Å². The van der Waals surface area contributed by atoms with Gasteiger partial charge in [0.15, 0.2) is 0 Å². The number of aromatic nitrogens is 2. The van der Waals surface area contributed by atoms with Gasteiger partial charge < -0.3 is 14.4 Å². The normalized spacial score (nSPS) is 20.5. The number of carbonyl (C=O) groups is 1. The molecule has 0 saturated carbocycles. The Morgan fingerprint density at radius 1 is 1.23 bits per heavy atom. The molecule has 1 fully saturated rings. The minimum absolute atomic E-state index is 0.0289. The molecule has 0 aliphatic carbocycles. The third kappa shape index (κ3) is 3.09. The number of amides is 1. The topological polar surface area (TPSA) is 56.6 Å². The number of methoxy groups -OCH3 is 1. The minimum atomic E-state index is 0.0289. The van der Waals surface area contributed by atoms with Crippen LogP contribution in [0.25, 0.3) is 0 Å². The Hall–Kier alpha value is -2.34. The molecule has 2 aromatic rings. The van der Waals surface area contributed by atoms with Crippen molar-refractivity contribution in [1.29, 1.82) is 0 Å². The summed E-state index contributed by atoms with van der Waals surface area (Å²) >= 11 is 0. The largest absolute Gasteiger partial charge is 0.497 e. The fourth-order valence-electron chi connectivity index (χ4n) is 4.06. The van der Waals surface area contributed by atoms with Crippen molar-refractivity contribution in [3.8, 4) is 5.75 Å². The zero-order chi connectivity index (χ0) is 18.1. The molecule has 0 N–H and O–H groups in total. The van der Waals surface area contributed by atoms with E-state index in [1.807, 2.05) is 28.8 Å². The molecule has 26 heavy (non-hydrogen) atoms. The van der Waals surface area contributed by atoms with Gasteiger partial charge in [0, 0.05) is 26.8 Å². The van der Waals surface area contributed by atoms with Crippen LogP contribution in [0, 0.1) is 5.92 Å². The molecule has 1 amide bonds. The van der Waals surface area contributed by atoms with E-state index in [0.29, 0.717) is 5.92 Å². The zero-order valence-corrected chi connectivity index (χ0v) is 15.4. The van der Waals surface area contributed by atoms with E-state index in [1.165, 1.54) is 5.56 Å². The molecule has 2 aliphatic rings. The number of aryl methyl sites for hydroxylation is 1. The Kier molecular flexibility index (Phi) is 4.68. The summed E-state index contributed by atoms with van der Waals surface area (Å²) < 4.78 is 12.6. The summed E-state index contributed by atoms with van der Waals surface area (Å²) in [5.41, 5.74) is 2.96. The molecule has 0 bridgehead atoms. The van der Waals surface area contributed by atoms with Crippen molar-refractivity contribution in [2.75, 3.05) is 26.9 Å². The molecule has 1 atom stereocenters. The third-order valence-electron chi connectivity index (χ3n) is 5.55. The molecule has 6 heteroatoms. The number of hydrogen-bond acceptors (Lipinski definition) is 4. The lowest BCUT2D eigenvalue weighted by molar-refractivity contribution is 0.0408. The van der Waals surface area contributed by atoms with Gasteiger partial charge in [0.25, 0.3) is 5.91 Å². The highest BCUT2D eigenvalue weighted by Gasteiger charge is 2.40. The Morgan fingerprint density at radius 2 is 1.96 bits per heavy atom. The standard InChI is InChI=1S/C20H25N3O3/c1-22-19-17(12-21-22)20(24)23(13-15-7-9-26-10-8-15)18(19)11-14-3-5-16(25-2)6-4-14/h3-6,12,15,18H,7-11,13H2,1-2H3. The van der Waals surface area contributed by atoms with E-state index in [9.17, 15) is 4.79 Å². The van der Waals surface area contributed by atoms with Gasteiger partial charge in [-0.3, -0.25) is 9.48 Å². The molecule has 1 aromatic carbocycles. The van der Waals surface area contributed by atoms with Gasteiger partial charge in [-0.05, 0) is 42.9 Å². The SMILES string of the molecule is COc1ccc(CC2c3c(cnn3C)C(=O)N2CC2CCOCC2)cc1. The van der Waals surface area contributed by atoms with Crippen LogP contribution >= 0.6 is 0 Å². The van der Waals surface area contributed by atoms with Crippen LogP contribution in [0.3, 0.4) is 0 Å². The molecule has 0 radical (unpaired) electrons. The molecule has 138 valence electrons. The smallest absolute Gasteiger partial charge is 0.258 e.